The Morgan fingerprint density at radius 2 is 1.68 bits per heavy atom. The lowest BCUT2D eigenvalue weighted by molar-refractivity contribution is -0.239. The summed E-state index contributed by atoms with van der Waals surface area (Å²) in [7, 11) is 0. The first kappa shape index (κ1) is 17.5. The summed E-state index contributed by atoms with van der Waals surface area (Å²) in [6, 6.07) is 0. The minimum absolute atomic E-state index is 0.0101. The second-order valence-electron chi connectivity index (χ2n) is 4.09. The molecule has 0 aliphatic heterocycles. The molecule has 0 aliphatic carbocycles. The van der Waals surface area contributed by atoms with Crippen LogP contribution < -0.4 is 0 Å². The summed E-state index contributed by atoms with van der Waals surface area (Å²) in [6.07, 6.45) is 5.43. The fourth-order valence-electron chi connectivity index (χ4n) is 1.35. The van der Waals surface area contributed by atoms with Crippen LogP contribution in [0.25, 0.3) is 0 Å². The number of esters is 1. The van der Waals surface area contributed by atoms with E-state index in [0.29, 0.717) is 6.61 Å². The quantitative estimate of drug-likeness (QED) is 0.264. The molecule has 0 amide bonds. The third kappa shape index (κ3) is 10.1. The van der Waals surface area contributed by atoms with Crippen molar-refractivity contribution >= 4 is 11.9 Å². The highest BCUT2D eigenvalue weighted by molar-refractivity contribution is 5.77. The maximum atomic E-state index is 11.3. The molecule has 0 unspecified atom stereocenters. The van der Waals surface area contributed by atoms with E-state index in [-0.39, 0.29) is 12.8 Å². The molecule has 5 nitrogen and oxygen atoms in total. The van der Waals surface area contributed by atoms with Crippen molar-refractivity contribution < 1.29 is 24.1 Å². The highest BCUT2D eigenvalue weighted by Gasteiger charge is 2.09. The Morgan fingerprint density at radius 3 is 2.26 bits per heavy atom. The van der Waals surface area contributed by atoms with Gasteiger partial charge >= 0.3 is 11.9 Å². The Labute approximate surface area is 114 Å². The van der Waals surface area contributed by atoms with Gasteiger partial charge in [0, 0.05) is 0 Å². The molecule has 0 aliphatic rings. The van der Waals surface area contributed by atoms with E-state index in [1.165, 1.54) is 6.26 Å². The van der Waals surface area contributed by atoms with Crippen LogP contribution in [-0.2, 0) is 24.1 Å². The molecule has 0 radical (unpaired) electrons. The standard InChI is InChI=1S/C14H24O5/c1-4-7-8-12(5-2)11-18-19-14(16)10-9-13(15)17-6-3/h11H,4-10H2,1-3H3. The zero-order valence-corrected chi connectivity index (χ0v) is 12.1. The van der Waals surface area contributed by atoms with E-state index in [1.807, 2.05) is 6.92 Å². The lowest BCUT2D eigenvalue weighted by atomic mass is 10.1. The first-order chi connectivity index (χ1) is 9.13. The van der Waals surface area contributed by atoms with E-state index in [0.717, 1.165) is 31.3 Å². The number of ether oxygens (including phenoxy) is 1. The van der Waals surface area contributed by atoms with Crippen LogP contribution in [0.5, 0.6) is 0 Å². The highest BCUT2D eigenvalue weighted by Crippen LogP contribution is 2.11. The van der Waals surface area contributed by atoms with Crippen molar-refractivity contribution in [2.45, 2.75) is 59.3 Å². The van der Waals surface area contributed by atoms with Crippen LogP contribution in [0.15, 0.2) is 11.8 Å². The van der Waals surface area contributed by atoms with Crippen molar-refractivity contribution in [2.24, 2.45) is 0 Å². The molecule has 19 heavy (non-hydrogen) atoms. The lowest BCUT2D eigenvalue weighted by Gasteiger charge is -2.04. The van der Waals surface area contributed by atoms with Crippen LogP contribution in [0.2, 0.25) is 0 Å². The Bertz CT molecular complexity index is 296. The van der Waals surface area contributed by atoms with Gasteiger partial charge in [-0.25, -0.2) is 4.79 Å². The summed E-state index contributed by atoms with van der Waals surface area (Å²) in [5.74, 6) is -0.984. The van der Waals surface area contributed by atoms with E-state index in [4.69, 9.17) is 9.62 Å². The van der Waals surface area contributed by atoms with Gasteiger partial charge < -0.3 is 4.74 Å². The van der Waals surface area contributed by atoms with Crippen LogP contribution in [-0.4, -0.2) is 18.5 Å². The summed E-state index contributed by atoms with van der Waals surface area (Å²) in [4.78, 5) is 31.6. The number of unbranched alkanes of at least 4 members (excludes halogenated alkanes) is 1. The van der Waals surface area contributed by atoms with E-state index >= 15 is 0 Å². The molecule has 0 aromatic carbocycles. The predicted octanol–water partition coefficient (Wildman–Crippen LogP) is 3.29. The van der Waals surface area contributed by atoms with Crippen molar-refractivity contribution in [2.75, 3.05) is 6.61 Å². The van der Waals surface area contributed by atoms with Crippen LogP contribution in [0, 0.1) is 0 Å². The van der Waals surface area contributed by atoms with Gasteiger partial charge in [0.25, 0.3) is 0 Å². The molecule has 0 saturated heterocycles. The van der Waals surface area contributed by atoms with Crippen LogP contribution in [0.3, 0.4) is 0 Å². The molecule has 110 valence electrons. The van der Waals surface area contributed by atoms with Crippen molar-refractivity contribution in [3.63, 3.8) is 0 Å². The van der Waals surface area contributed by atoms with Crippen molar-refractivity contribution in [1.29, 1.82) is 0 Å². The summed E-state index contributed by atoms with van der Waals surface area (Å²) in [6.45, 7) is 6.16. The van der Waals surface area contributed by atoms with Crippen LogP contribution in [0.4, 0.5) is 0 Å². The number of hydrogen-bond acceptors (Lipinski definition) is 5. The molecule has 0 aromatic rings. The van der Waals surface area contributed by atoms with E-state index in [9.17, 15) is 9.59 Å². The Balaban J connectivity index is 3.82. The normalized spacial score (nSPS) is 11.0. The first-order valence-electron chi connectivity index (χ1n) is 6.83. The molecule has 0 fully saturated rings. The van der Waals surface area contributed by atoms with Gasteiger partial charge in [0.05, 0.1) is 19.4 Å². The predicted molar refractivity (Wildman–Crippen MR) is 70.9 cm³/mol. The lowest BCUT2D eigenvalue weighted by Crippen LogP contribution is -2.09. The molecule has 0 bridgehead atoms. The number of rotatable bonds is 10. The van der Waals surface area contributed by atoms with Crippen molar-refractivity contribution in [1.82, 2.24) is 0 Å². The number of carbonyl (C=O) groups excluding carboxylic acids is 2. The van der Waals surface area contributed by atoms with Gasteiger partial charge in [-0.3, -0.25) is 14.6 Å². The molecule has 0 N–H and O–H groups in total. The average molecular weight is 272 g/mol. The third-order valence-electron chi connectivity index (χ3n) is 2.50. The minimum atomic E-state index is -0.574. The number of carbonyl (C=O) groups is 2. The second-order valence-corrected chi connectivity index (χ2v) is 4.09. The molecular formula is C14H24O5. The fourth-order valence-corrected chi connectivity index (χ4v) is 1.35. The molecule has 5 heteroatoms. The van der Waals surface area contributed by atoms with E-state index in [2.05, 4.69) is 11.8 Å². The smallest absolute Gasteiger partial charge is 0.355 e. The van der Waals surface area contributed by atoms with E-state index in [1.54, 1.807) is 6.92 Å². The topological polar surface area (TPSA) is 61.8 Å². The first-order valence-corrected chi connectivity index (χ1v) is 6.83. The van der Waals surface area contributed by atoms with Gasteiger partial charge in [-0.05, 0) is 31.8 Å². The van der Waals surface area contributed by atoms with Gasteiger partial charge in [0.15, 0.2) is 0 Å². The summed E-state index contributed by atoms with van der Waals surface area (Å²) < 4.78 is 4.70. The van der Waals surface area contributed by atoms with Crippen LogP contribution >= 0.6 is 0 Å². The molecule has 0 aromatic heterocycles. The highest BCUT2D eigenvalue weighted by atomic mass is 17.2. The van der Waals surface area contributed by atoms with Crippen molar-refractivity contribution in [3.05, 3.63) is 11.8 Å². The van der Waals surface area contributed by atoms with E-state index < -0.39 is 11.9 Å². The molecule has 0 spiro atoms. The summed E-state index contributed by atoms with van der Waals surface area (Å²) in [5, 5.41) is 0. The summed E-state index contributed by atoms with van der Waals surface area (Å²) >= 11 is 0. The van der Waals surface area contributed by atoms with Gasteiger partial charge in [-0.2, -0.15) is 0 Å². The molecule has 0 saturated carbocycles. The fraction of sp³-hybridized carbons (Fsp3) is 0.714. The van der Waals surface area contributed by atoms with Gasteiger partial charge in [0.1, 0.15) is 6.26 Å². The molecule has 0 rings (SSSR count). The second kappa shape index (κ2) is 11.6. The number of hydrogen-bond donors (Lipinski definition) is 0. The largest absolute Gasteiger partial charge is 0.466 e. The van der Waals surface area contributed by atoms with Gasteiger partial charge in [-0.15, -0.1) is 0 Å². The monoisotopic (exact) mass is 272 g/mol. The minimum Gasteiger partial charge on any atom is -0.466 e. The van der Waals surface area contributed by atoms with Crippen molar-refractivity contribution in [3.8, 4) is 0 Å². The van der Waals surface area contributed by atoms with Crippen LogP contribution in [0.1, 0.15) is 59.3 Å². The maximum absolute atomic E-state index is 11.3. The Morgan fingerprint density at radius 1 is 1.00 bits per heavy atom. The zero-order valence-electron chi connectivity index (χ0n) is 12.1. The zero-order chi connectivity index (χ0) is 14.5. The molecule has 0 atom stereocenters. The maximum Gasteiger partial charge on any atom is 0.355 e. The summed E-state index contributed by atoms with van der Waals surface area (Å²) in [5.41, 5.74) is 1.10. The third-order valence-corrected chi connectivity index (χ3v) is 2.50. The van der Waals surface area contributed by atoms with Gasteiger partial charge in [0.2, 0.25) is 0 Å². The Kier molecular flexibility index (Phi) is 10.6. The van der Waals surface area contributed by atoms with Gasteiger partial charge in [-0.1, -0.05) is 20.3 Å². The average Bonchev–Trinajstić information content (AvgIpc) is 2.40. The molecular weight excluding hydrogens is 248 g/mol. The number of allylic oxidation sites excluding steroid dienone is 1. The molecule has 0 heterocycles. The Hall–Kier alpha value is -1.52. The SMILES string of the molecule is CCCCC(=COOC(=O)CCC(=O)OCC)CC.